The summed E-state index contributed by atoms with van der Waals surface area (Å²) in [5.41, 5.74) is 6.13. The van der Waals surface area contributed by atoms with Gasteiger partial charge in [0.05, 0.1) is 5.56 Å². The molecule has 0 aliphatic heterocycles. The number of carbonyl (C=O) groups is 1. The van der Waals surface area contributed by atoms with Gasteiger partial charge in [0, 0.05) is 16.7 Å². The maximum Gasteiger partial charge on any atom is 0.151 e. The van der Waals surface area contributed by atoms with E-state index in [4.69, 9.17) is 0 Å². The molecule has 4 aromatic rings. The topological polar surface area (TPSA) is 40.9 Å². The third-order valence-corrected chi connectivity index (χ3v) is 4.83. The number of benzene rings is 4. The molecule has 4 rings (SSSR count). The molecule has 0 unspecified atom stereocenters. The average Bonchev–Trinajstić information content (AvgIpc) is 2.79. The van der Waals surface area contributed by atoms with Crippen LogP contribution in [0.1, 0.15) is 15.9 Å². The quantitative estimate of drug-likeness (QED) is 0.397. The lowest BCUT2D eigenvalue weighted by atomic mass is 9.84. The fraction of sp³-hybridized carbons (Fsp3) is 0. The zero-order valence-corrected chi connectivity index (χ0v) is 15.2. The predicted molar refractivity (Wildman–Crippen MR) is 113 cm³/mol. The molecule has 0 aliphatic carbocycles. The molecule has 0 fully saturated rings. The fourth-order valence-corrected chi connectivity index (χ4v) is 3.54. The first-order valence-corrected chi connectivity index (χ1v) is 9.06. The summed E-state index contributed by atoms with van der Waals surface area (Å²) in [7, 11) is 0. The van der Waals surface area contributed by atoms with Crippen molar-refractivity contribution < 1.29 is 4.79 Å². The number of carbonyl (C=O) groups excluding carboxylic acids is 1. The van der Waals surface area contributed by atoms with Gasteiger partial charge in [-0.2, -0.15) is 5.26 Å². The summed E-state index contributed by atoms with van der Waals surface area (Å²) in [5, 5.41) is 10.0. The van der Waals surface area contributed by atoms with Gasteiger partial charge in [0.15, 0.2) is 6.29 Å². The standard InChI is InChI=1S/C26H17NO/c27-17-24-22(19-10-4-1-5-11-19)16-23(20-12-6-2-7-13-20)25(18-28)26(24)21-14-8-3-9-15-21/h1-16,18H. The first-order chi connectivity index (χ1) is 13.8. The van der Waals surface area contributed by atoms with Crippen molar-refractivity contribution in [3.63, 3.8) is 0 Å². The Morgan fingerprint density at radius 3 is 1.57 bits per heavy atom. The molecule has 0 radical (unpaired) electrons. The van der Waals surface area contributed by atoms with Crippen molar-refractivity contribution in [2.45, 2.75) is 0 Å². The lowest BCUT2D eigenvalue weighted by molar-refractivity contribution is 0.112. The van der Waals surface area contributed by atoms with Crippen molar-refractivity contribution >= 4 is 6.29 Å². The Kier molecular flexibility index (Phi) is 4.82. The highest BCUT2D eigenvalue weighted by Gasteiger charge is 2.20. The minimum Gasteiger partial charge on any atom is -0.298 e. The largest absolute Gasteiger partial charge is 0.298 e. The number of hydrogen-bond acceptors (Lipinski definition) is 2. The molecule has 0 atom stereocenters. The van der Waals surface area contributed by atoms with E-state index in [9.17, 15) is 10.1 Å². The predicted octanol–water partition coefficient (Wildman–Crippen LogP) is 6.37. The Hall–Kier alpha value is -3.96. The highest BCUT2D eigenvalue weighted by Crippen LogP contribution is 2.40. The summed E-state index contributed by atoms with van der Waals surface area (Å²) < 4.78 is 0. The number of aldehydes is 1. The van der Waals surface area contributed by atoms with Crippen LogP contribution in [0.25, 0.3) is 33.4 Å². The molecule has 132 valence electrons. The molecule has 0 spiro atoms. The Morgan fingerprint density at radius 2 is 1.11 bits per heavy atom. The molecular weight excluding hydrogens is 342 g/mol. The van der Waals surface area contributed by atoms with Gasteiger partial charge in [-0.1, -0.05) is 91.0 Å². The lowest BCUT2D eigenvalue weighted by Crippen LogP contribution is -1.99. The third-order valence-electron chi connectivity index (χ3n) is 4.83. The maximum atomic E-state index is 12.2. The molecule has 4 aromatic carbocycles. The second-order valence-electron chi connectivity index (χ2n) is 6.46. The average molecular weight is 359 g/mol. The van der Waals surface area contributed by atoms with E-state index in [0.717, 1.165) is 34.1 Å². The van der Waals surface area contributed by atoms with Gasteiger partial charge in [0.1, 0.15) is 6.07 Å². The van der Waals surface area contributed by atoms with E-state index in [1.54, 1.807) is 0 Å². The Bertz CT molecular complexity index is 1160. The second kappa shape index (κ2) is 7.73. The SMILES string of the molecule is N#Cc1c(-c2ccccc2)cc(-c2ccccc2)c(C=O)c1-c1ccccc1. The molecule has 0 heterocycles. The van der Waals surface area contributed by atoms with E-state index in [1.807, 2.05) is 97.1 Å². The van der Waals surface area contributed by atoms with E-state index in [0.29, 0.717) is 16.7 Å². The van der Waals surface area contributed by atoms with Crippen molar-refractivity contribution in [1.82, 2.24) is 0 Å². The molecule has 0 aromatic heterocycles. The van der Waals surface area contributed by atoms with Crippen LogP contribution in [0.4, 0.5) is 0 Å². The highest BCUT2D eigenvalue weighted by atomic mass is 16.1. The van der Waals surface area contributed by atoms with E-state index in [2.05, 4.69) is 6.07 Å². The molecule has 2 nitrogen and oxygen atoms in total. The summed E-state index contributed by atoms with van der Waals surface area (Å²) in [4.78, 5) is 12.2. The van der Waals surface area contributed by atoms with E-state index < -0.39 is 0 Å². The zero-order valence-electron chi connectivity index (χ0n) is 15.2. The number of nitrogens with zero attached hydrogens (tertiary/aromatic N) is 1. The summed E-state index contributed by atoms with van der Waals surface area (Å²) in [6.07, 6.45) is 0.861. The van der Waals surface area contributed by atoms with Crippen LogP contribution in [0.2, 0.25) is 0 Å². The van der Waals surface area contributed by atoms with Gasteiger partial charge in [0.25, 0.3) is 0 Å². The van der Waals surface area contributed by atoms with Gasteiger partial charge in [-0.05, 0) is 28.3 Å². The lowest BCUT2D eigenvalue weighted by Gasteiger charge is -2.17. The molecule has 0 amide bonds. The molecule has 2 heteroatoms. The van der Waals surface area contributed by atoms with Crippen LogP contribution >= 0.6 is 0 Å². The van der Waals surface area contributed by atoms with Gasteiger partial charge in [-0.15, -0.1) is 0 Å². The van der Waals surface area contributed by atoms with Crippen LogP contribution < -0.4 is 0 Å². The van der Waals surface area contributed by atoms with E-state index in [1.165, 1.54) is 0 Å². The highest BCUT2D eigenvalue weighted by molar-refractivity contribution is 6.02. The molecule has 28 heavy (non-hydrogen) atoms. The fourth-order valence-electron chi connectivity index (χ4n) is 3.54. The Morgan fingerprint density at radius 1 is 0.643 bits per heavy atom. The first-order valence-electron chi connectivity index (χ1n) is 9.06. The molecule has 0 bridgehead atoms. The zero-order chi connectivity index (χ0) is 19.3. The number of nitriles is 1. The summed E-state index contributed by atoms with van der Waals surface area (Å²) in [6, 6.07) is 33.6. The Labute approximate surface area is 164 Å². The first kappa shape index (κ1) is 17.5. The number of rotatable bonds is 4. The van der Waals surface area contributed by atoms with Gasteiger partial charge in [-0.25, -0.2) is 0 Å². The third kappa shape index (κ3) is 3.11. The molecule has 0 N–H and O–H groups in total. The van der Waals surface area contributed by atoms with Crippen LogP contribution in [0, 0.1) is 11.3 Å². The van der Waals surface area contributed by atoms with Crippen LogP contribution in [0.5, 0.6) is 0 Å². The van der Waals surface area contributed by atoms with Crippen molar-refractivity contribution in [1.29, 1.82) is 5.26 Å². The van der Waals surface area contributed by atoms with Crippen LogP contribution in [-0.4, -0.2) is 6.29 Å². The van der Waals surface area contributed by atoms with Gasteiger partial charge < -0.3 is 0 Å². The maximum absolute atomic E-state index is 12.2. The summed E-state index contributed by atoms with van der Waals surface area (Å²) in [5.74, 6) is 0. The molecule has 0 aliphatic rings. The van der Waals surface area contributed by atoms with Gasteiger partial charge >= 0.3 is 0 Å². The van der Waals surface area contributed by atoms with E-state index in [-0.39, 0.29) is 0 Å². The molecule has 0 saturated heterocycles. The van der Waals surface area contributed by atoms with E-state index >= 15 is 0 Å². The summed E-state index contributed by atoms with van der Waals surface area (Å²) >= 11 is 0. The minimum atomic E-state index is 0.513. The minimum absolute atomic E-state index is 0.513. The monoisotopic (exact) mass is 359 g/mol. The van der Waals surface area contributed by atoms with Crippen molar-refractivity contribution in [3.05, 3.63) is 108 Å². The smallest absolute Gasteiger partial charge is 0.151 e. The van der Waals surface area contributed by atoms with Crippen LogP contribution in [0.15, 0.2) is 97.1 Å². The van der Waals surface area contributed by atoms with Gasteiger partial charge in [0.2, 0.25) is 0 Å². The van der Waals surface area contributed by atoms with Gasteiger partial charge in [-0.3, -0.25) is 4.79 Å². The van der Waals surface area contributed by atoms with Crippen molar-refractivity contribution in [3.8, 4) is 39.4 Å². The second-order valence-corrected chi connectivity index (χ2v) is 6.46. The summed E-state index contributed by atoms with van der Waals surface area (Å²) in [6.45, 7) is 0. The molecular formula is C26H17NO. The van der Waals surface area contributed by atoms with Crippen molar-refractivity contribution in [2.24, 2.45) is 0 Å². The molecule has 0 saturated carbocycles. The van der Waals surface area contributed by atoms with Crippen molar-refractivity contribution in [2.75, 3.05) is 0 Å². The number of hydrogen-bond donors (Lipinski definition) is 0. The van der Waals surface area contributed by atoms with Crippen LogP contribution in [-0.2, 0) is 0 Å². The Balaban J connectivity index is 2.15. The van der Waals surface area contributed by atoms with Crippen LogP contribution in [0.3, 0.4) is 0 Å². The normalized spacial score (nSPS) is 10.2.